The second kappa shape index (κ2) is 44.0. The van der Waals surface area contributed by atoms with Gasteiger partial charge in [-0.25, -0.2) is 63.7 Å². The third kappa shape index (κ3) is 28.5. The molecule has 0 heterocycles. The van der Waals surface area contributed by atoms with Gasteiger partial charge in [0.05, 0.1) is 83.6 Å². The van der Waals surface area contributed by atoms with Gasteiger partial charge in [0.2, 0.25) is 0 Å². The van der Waals surface area contributed by atoms with Crippen LogP contribution in [0.3, 0.4) is 0 Å². The number of hydrogen-bond donors (Lipinski definition) is 12. The van der Waals surface area contributed by atoms with E-state index in [2.05, 4.69) is 49.1 Å². The van der Waals surface area contributed by atoms with Crippen LogP contribution in [0.4, 0.5) is 47.3 Å². The van der Waals surface area contributed by atoms with Gasteiger partial charge in [-0.15, -0.1) is 0 Å². The highest BCUT2D eigenvalue weighted by Crippen LogP contribution is 2.38. The lowest BCUT2D eigenvalue weighted by Gasteiger charge is -2.19. The normalized spacial score (nSPS) is 11.6. The summed E-state index contributed by atoms with van der Waals surface area (Å²) in [6, 6.07) is 90.0. The summed E-state index contributed by atoms with van der Waals surface area (Å²) in [6.07, 6.45) is 0. The molecule has 0 aromatic heterocycles. The van der Waals surface area contributed by atoms with E-state index in [-0.39, 0.29) is 129 Å². The van der Waals surface area contributed by atoms with Crippen molar-refractivity contribution < 1.29 is 94.3 Å². The molecule has 0 aliphatic rings. The minimum atomic E-state index is -3.92. The van der Waals surface area contributed by atoms with E-state index < -0.39 is 77.6 Å². The average molecular weight is 2050 g/mol. The predicted octanol–water partition coefficient (Wildman–Crippen LogP) is 24.4. The van der Waals surface area contributed by atoms with Gasteiger partial charge in [0.25, 0.3) is 60.1 Å². The maximum Gasteiger partial charge on any atom is 0.262 e. The van der Waals surface area contributed by atoms with Crippen molar-refractivity contribution in [3.05, 3.63) is 394 Å². The molecule has 16 rings (SSSR count). The highest BCUT2D eigenvalue weighted by atomic mass is 35.5. The van der Waals surface area contributed by atoms with Crippen LogP contribution in [0.25, 0.3) is 43.8 Å². The molecule has 137 heavy (non-hydrogen) atoms. The molecule has 0 spiro atoms. The predicted molar refractivity (Wildman–Crippen MR) is 535 cm³/mol. The molecule has 710 valence electrons. The Hall–Kier alpha value is -13.7. The fourth-order valence-electron chi connectivity index (χ4n) is 12.6. The van der Waals surface area contributed by atoms with Gasteiger partial charge in [0.15, 0.2) is 23.2 Å². The van der Waals surface area contributed by atoms with Crippen molar-refractivity contribution in [2.75, 3.05) is 28.3 Å². The van der Waals surface area contributed by atoms with E-state index in [1.54, 1.807) is 103 Å². The molecule has 0 aliphatic carbocycles. The lowest BCUT2D eigenvalue weighted by molar-refractivity contribution is 0.469. The van der Waals surface area contributed by atoms with E-state index in [4.69, 9.17) is 56.6 Å². The Morgan fingerprint density at radius 2 is 0.460 bits per heavy atom. The smallest absolute Gasteiger partial charge is 0.262 e. The fourth-order valence-corrected chi connectivity index (χ4v) is 20.2. The van der Waals surface area contributed by atoms with E-state index in [9.17, 15) is 84.1 Å². The summed E-state index contributed by atoms with van der Waals surface area (Å²) in [7, 11) is -23.0. The van der Waals surface area contributed by atoms with Crippen LogP contribution in [0.15, 0.2) is 375 Å². The van der Waals surface area contributed by atoms with Crippen molar-refractivity contribution in [2.45, 2.75) is 81.7 Å². The summed E-state index contributed by atoms with van der Waals surface area (Å²) in [5.74, 6) is -3.69. The molecule has 0 saturated heterocycles. The van der Waals surface area contributed by atoms with Crippen molar-refractivity contribution >= 4 is 162 Å². The molecule has 16 aromatic rings. The zero-order valence-electron chi connectivity index (χ0n) is 73.1. The molecular formula is C100H87Cl4F3N6O18S6. The van der Waals surface area contributed by atoms with E-state index in [0.717, 1.165) is 73.1 Å². The number of hydrogen-bond acceptors (Lipinski definition) is 18. The fraction of sp³-hybridized carbons (Fsp3) is 0.0800. The molecule has 37 heteroatoms. The van der Waals surface area contributed by atoms with Crippen molar-refractivity contribution in [3.63, 3.8) is 0 Å². The third-order valence-electron chi connectivity index (χ3n) is 19.9. The molecule has 0 atom stereocenters. The van der Waals surface area contributed by atoms with E-state index in [1.165, 1.54) is 121 Å². The Bertz CT molecular complexity index is 7470. The SMILES string of the molecule is CC(C)(C)c1ccc(S(=O)(=O)Nc2cc(Cl)c(O)c(Cl)c2)cc1.CC(C)(C)c1ccc(S(=O)(=O)Nc2ccc(O)cc2F)cc1.O=S(=O)(Nc1ccc(O)cc1Cl)c1ccc(-c2ccccc2)cc1.O=S(=O)(Nc1ccc(O)cc1Cl)c1ccc2ccccc2c1.O=S(=O)(Nc1ccc(O)cc1F)c1ccc(-c2ccccc2)cc1.O=S(=O)(Nc1ccc(O)cc1F)c1ccc2ccccc2c1. The van der Waals surface area contributed by atoms with Gasteiger partial charge in [-0.05, 0) is 211 Å². The monoisotopic (exact) mass is 2050 g/mol. The van der Waals surface area contributed by atoms with E-state index in [1.807, 2.05) is 124 Å². The van der Waals surface area contributed by atoms with Crippen molar-refractivity contribution in [1.82, 2.24) is 0 Å². The van der Waals surface area contributed by atoms with Gasteiger partial charge in [-0.3, -0.25) is 28.3 Å². The molecular weight excluding hydrogens is 1960 g/mol. The molecule has 16 aromatic carbocycles. The number of rotatable bonds is 20. The first-order valence-electron chi connectivity index (χ1n) is 40.7. The number of aromatic hydroxyl groups is 6. The van der Waals surface area contributed by atoms with Crippen LogP contribution in [-0.4, -0.2) is 81.1 Å². The number of anilines is 6. The number of sulfonamides is 6. The highest BCUT2D eigenvalue weighted by molar-refractivity contribution is 7.94. The molecule has 12 N–H and O–H groups in total. The van der Waals surface area contributed by atoms with Crippen molar-refractivity contribution in [1.29, 1.82) is 0 Å². The van der Waals surface area contributed by atoms with Gasteiger partial charge < -0.3 is 30.6 Å². The van der Waals surface area contributed by atoms with Crippen LogP contribution in [-0.2, 0) is 71.0 Å². The van der Waals surface area contributed by atoms with Gasteiger partial charge in [0, 0.05) is 30.3 Å². The molecule has 24 nitrogen and oxygen atoms in total. The molecule has 0 fully saturated rings. The standard InChI is InChI=1S/C18H14ClNO3S.C18H14FNO3S.C16H17Cl2NO3S.C16H12ClNO3S.C16H12FNO3S.C16H18FNO3S/c2*19-17-12-15(21)8-11-18(17)20-24(22,23)16-9-6-14(7-10-16)13-4-2-1-3-5-13;1-16(2,3)10-4-6-12(7-5-10)23(21,22)19-11-8-13(17)15(20)14(18)9-11;2*17-15-10-13(19)6-8-16(15)18-22(20,21)14-7-5-11-3-1-2-4-12(11)9-14;1-16(2,3)11-4-7-13(8-5-11)22(20,21)18-15-9-6-12(19)10-14(15)17/h2*1-12,20-21H;4-9,19-20H,1-3H3;2*1-10,18-19H;4-10,18-19H,1-3H3. The number of halogens is 7. The minimum Gasteiger partial charge on any atom is -0.508 e. The van der Waals surface area contributed by atoms with Crippen LogP contribution in [0.2, 0.25) is 20.1 Å². The summed E-state index contributed by atoms with van der Waals surface area (Å²) in [6.45, 7) is 12.2. The largest absolute Gasteiger partial charge is 0.508 e. The average Bonchev–Trinajstić information content (AvgIpc) is 0.803. The van der Waals surface area contributed by atoms with Gasteiger partial charge in [-0.1, -0.05) is 258 Å². The first kappa shape index (κ1) is 104. The Morgan fingerprint density at radius 3 is 0.745 bits per heavy atom. The maximum atomic E-state index is 13.7. The van der Waals surface area contributed by atoms with Gasteiger partial charge >= 0.3 is 0 Å². The Kier molecular flexibility index (Phi) is 33.3. The maximum absolute atomic E-state index is 13.7. The molecule has 0 saturated carbocycles. The molecule has 0 aliphatic heterocycles. The first-order valence-corrected chi connectivity index (χ1v) is 51.1. The zero-order chi connectivity index (χ0) is 99.8. The van der Waals surface area contributed by atoms with E-state index >= 15 is 0 Å². The van der Waals surface area contributed by atoms with E-state index in [0.29, 0.717) is 0 Å². The topological polar surface area (TPSA) is 398 Å². The van der Waals surface area contributed by atoms with Gasteiger partial charge in [0.1, 0.15) is 28.7 Å². The molecule has 0 bridgehead atoms. The summed E-state index contributed by atoms with van der Waals surface area (Å²) in [5.41, 5.74) is 5.63. The Morgan fingerprint density at radius 1 is 0.226 bits per heavy atom. The second-order valence-corrected chi connectivity index (χ2v) is 43.8. The van der Waals surface area contributed by atoms with Crippen LogP contribution < -0.4 is 28.3 Å². The number of benzene rings is 16. The van der Waals surface area contributed by atoms with Crippen molar-refractivity contribution in [2.24, 2.45) is 0 Å². The molecule has 0 radical (unpaired) electrons. The first-order chi connectivity index (χ1) is 64.4. The summed E-state index contributed by atoms with van der Waals surface area (Å²) >= 11 is 23.5. The highest BCUT2D eigenvalue weighted by Gasteiger charge is 2.26. The lowest BCUT2D eigenvalue weighted by Crippen LogP contribution is -2.15. The third-order valence-corrected chi connectivity index (χ3v) is 29.4. The summed E-state index contributed by atoms with van der Waals surface area (Å²) in [4.78, 5) is 0.522. The molecule has 0 amide bonds. The van der Waals surface area contributed by atoms with Crippen LogP contribution in [0.1, 0.15) is 52.7 Å². The second-order valence-electron chi connectivity index (χ2n) is 32.1. The number of fused-ring (bicyclic) bond motifs is 2. The van der Waals surface area contributed by atoms with Crippen LogP contribution in [0.5, 0.6) is 34.5 Å². The zero-order valence-corrected chi connectivity index (χ0v) is 81.0. The number of phenolic OH excluding ortho intramolecular Hbond substituents is 6. The minimum absolute atomic E-state index is 0.0228. The van der Waals surface area contributed by atoms with Crippen LogP contribution >= 0.6 is 46.4 Å². The van der Waals surface area contributed by atoms with Crippen molar-refractivity contribution in [3.8, 4) is 56.8 Å². The number of nitrogens with one attached hydrogen (secondary N) is 6. The summed E-state index contributed by atoms with van der Waals surface area (Å²) in [5, 5.41) is 59.3. The molecule has 0 unspecified atom stereocenters. The number of phenols is 6. The summed E-state index contributed by atoms with van der Waals surface area (Å²) < 4.78 is 203. The quantitative estimate of drug-likeness (QED) is 0.0315. The Balaban J connectivity index is 0.000000158. The Labute approximate surface area is 811 Å². The lowest BCUT2D eigenvalue weighted by atomic mass is 9.87. The van der Waals surface area contributed by atoms with Gasteiger partial charge in [-0.2, -0.15) is 0 Å². The van der Waals surface area contributed by atoms with Crippen LogP contribution in [0, 0.1) is 17.5 Å².